The Labute approximate surface area is 176 Å². The Kier molecular flexibility index (Phi) is 6.37. The molecule has 2 fully saturated rings. The Morgan fingerprint density at radius 2 is 1.70 bits per heavy atom. The normalized spacial score (nSPS) is 30.2. The minimum atomic E-state index is -1.52. The van der Waals surface area contributed by atoms with Crippen LogP contribution in [0.25, 0.3) is 0 Å². The third-order valence-electron chi connectivity index (χ3n) is 6.66. The molecule has 1 saturated carbocycles. The number of ether oxygens (including phenoxy) is 1. The maximum atomic E-state index is 13.9. The fourth-order valence-electron chi connectivity index (χ4n) is 4.84. The molecule has 2 atom stereocenters. The van der Waals surface area contributed by atoms with Crippen molar-refractivity contribution in [2.45, 2.75) is 55.8 Å². The molecular weight excluding hydrogens is 388 g/mol. The number of likely N-dealkylation sites (tertiary alicyclic amines) is 1. The molecule has 1 aliphatic heterocycles. The van der Waals surface area contributed by atoms with E-state index in [1.165, 1.54) is 17.7 Å². The average Bonchev–Trinajstić information content (AvgIpc) is 2.78. The lowest BCUT2D eigenvalue weighted by Gasteiger charge is -2.46. The molecule has 0 radical (unpaired) electrons. The predicted molar refractivity (Wildman–Crippen MR) is 110 cm³/mol. The van der Waals surface area contributed by atoms with Gasteiger partial charge in [0.2, 0.25) is 5.82 Å². The number of hydrogen-bond acceptors (Lipinski definition) is 4. The van der Waals surface area contributed by atoms with Gasteiger partial charge in [-0.2, -0.15) is 4.39 Å². The lowest BCUT2D eigenvalue weighted by Crippen LogP contribution is -2.62. The van der Waals surface area contributed by atoms with Gasteiger partial charge in [-0.3, -0.25) is 4.90 Å². The van der Waals surface area contributed by atoms with E-state index in [9.17, 15) is 19.0 Å². The van der Waals surface area contributed by atoms with Crippen molar-refractivity contribution in [1.82, 2.24) is 4.90 Å². The van der Waals surface area contributed by atoms with E-state index in [1.54, 1.807) is 0 Å². The van der Waals surface area contributed by atoms with Crippen molar-refractivity contribution in [3.05, 3.63) is 65.7 Å². The molecule has 0 bridgehead atoms. The fraction of sp³-hybridized carbons (Fsp3) is 0.500. The maximum Gasteiger partial charge on any atom is 0.200 e. The smallest absolute Gasteiger partial charge is 0.200 e. The topological polar surface area (TPSA) is 52.9 Å². The summed E-state index contributed by atoms with van der Waals surface area (Å²) in [6, 6.07) is 14.6. The first-order valence-electron chi connectivity index (χ1n) is 10.7. The Hall–Kier alpha value is -2.02. The molecule has 30 heavy (non-hydrogen) atoms. The standard InChI is InChI=1S/C24H29F2NO3/c25-20-7-4-8-21(23(20)26)30-16-24(29)15-27(14-13-22(24)28)19-11-9-18(10-12-19)17-5-2-1-3-6-17/h1-8,18-19,22,28-29H,9-16H2/t18?,19?,22-,24-/m0/s1. The Balaban J connectivity index is 1.36. The SMILES string of the molecule is O[C@H]1CCN(C2CCC(c3ccccc3)CC2)C[C@]1(O)COc1cccc(F)c1F. The Morgan fingerprint density at radius 3 is 2.43 bits per heavy atom. The number of β-amino-alcohol motifs (C(OH)–C–C–N with tert-alkyl or cyclic N) is 1. The van der Waals surface area contributed by atoms with Crippen molar-refractivity contribution in [3.63, 3.8) is 0 Å². The van der Waals surface area contributed by atoms with E-state index in [2.05, 4.69) is 29.2 Å². The van der Waals surface area contributed by atoms with E-state index in [0.717, 1.165) is 31.7 Å². The summed E-state index contributed by atoms with van der Waals surface area (Å²) in [5, 5.41) is 21.5. The number of rotatable bonds is 5. The molecule has 4 rings (SSSR count). The van der Waals surface area contributed by atoms with Crippen molar-refractivity contribution in [2.75, 3.05) is 19.7 Å². The summed E-state index contributed by atoms with van der Waals surface area (Å²) in [6.45, 7) is 0.675. The molecule has 2 aliphatic rings. The first kappa shape index (κ1) is 21.2. The Bertz CT molecular complexity index is 842. The number of aliphatic hydroxyl groups excluding tert-OH is 1. The largest absolute Gasteiger partial charge is 0.487 e. The van der Waals surface area contributed by atoms with E-state index in [0.29, 0.717) is 24.9 Å². The van der Waals surface area contributed by atoms with Gasteiger partial charge >= 0.3 is 0 Å². The zero-order chi connectivity index (χ0) is 21.1. The minimum Gasteiger partial charge on any atom is -0.487 e. The molecule has 1 heterocycles. The third kappa shape index (κ3) is 4.51. The summed E-state index contributed by atoms with van der Waals surface area (Å²) >= 11 is 0. The van der Waals surface area contributed by atoms with Crippen LogP contribution < -0.4 is 4.74 Å². The summed E-state index contributed by atoms with van der Waals surface area (Å²) in [6.07, 6.45) is 3.71. The second-order valence-corrected chi connectivity index (χ2v) is 8.64. The van der Waals surface area contributed by atoms with Crippen molar-refractivity contribution < 1.29 is 23.7 Å². The maximum absolute atomic E-state index is 13.9. The van der Waals surface area contributed by atoms with Crippen molar-refractivity contribution in [1.29, 1.82) is 0 Å². The molecule has 4 nitrogen and oxygen atoms in total. The van der Waals surface area contributed by atoms with Gasteiger partial charge in [0.25, 0.3) is 0 Å². The molecule has 2 N–H and O–H groups in total. The van der Waals surface area contributed by atoms with Crippen LogP contribution in [0.2, 0.25) is 0 Å². The highest BCUT2D eigenvalue weighted by molar-refractivity contribution is 5.25. The van der Waals surface area contributed by atoms with Gasteiger partial charge in [0.1, 0.15) is 12.2 Å². The van der Waals surface area contributed by atoms with Crippen LogP contribution in [0.1, 0.15) is 43.6 Å². The quantitative estimate of drug-likeness (QED) is 0.776. The highest BCUT2D eigenvalue weighted by Gasteiger charge is 2.44. The third-order valence-corrected chi connectivity index (χ3v) is 6.66. The molecule has 0 unspecified atom stereocenters. The van der Waals surface area contributed by atoms with Crippen LogP contribution in [0.4, 0.5) is 8.78 Å². The number of nitrogens with zero attached hydrogens (tertiary/aromatic N) is 1. The van der Waals surface area contributed by atoms with E-state index >= 15 is 0 Å². The molecule has 162 valence electrons. The molecule has 2 aromatic rings. The highest BCUT2D eigenvalue weighted by Crippen LogP contribution is 2.36. The van der Waals surface area contributed by atoms with E-state index in [4.69, 9.17) is 4.74 Å². The summed E-state index contributed by atoms with van der Waals surface area (Å²) in [7, 11) is 0. The van der Waals surface area contributed by atoms with Gasteiger partial charge in [0, 0.05) is 19.1 Å². The van der Waals surface area contributed by atoms with Crippen LogP contribution in [0.5, 0.6) is 5.75 Å². The van der Waals surface area contributed by atoms with Crippen LogP contribution in [-0.2, 0) is 0 Å². The van der Waals surface area contributed by atoms with Gasteiger partial charge in [0.15, 0.2) is 11.6 Å². The first-order chi connectivity index (χ1) is 14.5. The van der Waals surface area contributed by atoms with Crippen molar-refractivity contribution in [3.8, 4) is 5.75 Å². The summed E-state index contributed by atoms with van der Waals surface area (Å²) in [4.78, 5) is 2.22. The van der Waals surface area contributed by atoms with Gasteiger partial charge in [-0.15, -0.1) is 0 Å². The van der Waals surface area contributed by atoms with Gasteiger partial charge in [-0.25, -0.2) is 4.39 Å². The van der Waals surface area contributed by atoms with E-state index in [-0.39, 0.29) is 18.9 Å². The molecule has 0 spiro atoms. The lowest BCUT2D eigenvalue weighted by atomic mass is 9.80. The van der Waals surface area contributed by atoms with Gasteiger partial charge in [-0.05, 0) is 55.7 Å². The van der Waals surface area contributed by atoms with E-state index < -0.39 is 23.3 Å². The number of aliphatic hydroxyl groups is 2. The second kappa shape index (κ2) is 9.00. The van der Waals surface area contributed by atoms with Crippen molar-refractivity contribution >= 4 is 0 Å². The second-order valence-electron chi connectivity index (χ2n) is 8.64. The lowest BCUT2D eigenvalue weighted by molar-refractivity contribution is -0.147. The zero-order valence-corrected chi connectivity index (χ0v) is 17.0. The van der Waals surface area contributed by atoms with Gasteiger partial charge in [-0.1, -0.05) is 36.4 Å². The molecule has 0 aromatic heterocycles. The van der Waals surface area contributed by atoms with Crippen LogP contribution >= 0.6 is 0 Å². The van der Waals surface area contributed by atoms with Gasteiger partial charge in [0.05, 0.1) is 6.10 Å². The monoisotopic (exact) mass is 417 g/mol. The van der Waals surface area contributed by atoms with Crippen LogP contribution in [0.15, 0.2) is 48.5 Å². The fourth-order valence-corrected chi connectivity index (χ4v) is 4.84. The zero-order valence-electron chi connectivity index (χ0n) is 17.0. The number of halogens is 2. The van der Waals surface area contributed by atoms with Crippen LogP contribution in [0.3, 0.4) is 0 Å². The van der Waals surface area contributed by atoms with Crippen LogP contribution in [-0.4, -0.2) is 52.6 Å². The number of piperidine rings is 1. The molecule has 1 saturated heterocycles. The van der Waals surface area contributed by atoms with E-state index in [1.807, 2.05) is 6.07 Å². The molecule has 2 aromatic carbocycles. The van der Waals surface area contributed by atoms with Crippen molar-refractivity contribution in [2.24, 2.45) is 0 Å². The minimum absolute atomic E-state index is 0.254. The molecule has 0 amide bonds. The molecular formula is C24H29F2NO3. The summed E-state index contributed by atoms with van der Waals surface area (Å²) < 4.78 is 32.7. The summed E-state index contributed by atoms with van der Waals surface area (Å²) in [5.41, 5.74) is -0.139. The Morgan fingerprint density at radius 1 is 0.967 bits per heavy atom. The average molecular weight is 417 g/mol. The number of benzene rings is 2. The first-order valence-corrected chi connectivity index (χ1v) is 10.7. The van der Waals surface area contributed by atoms with Gasteiger partial charge < -0.3 is 14.9 Å². The summed E-state index contributed by atoms with van der Waals surface area (Å²) in [5.74, 6) is -1.77. The predicted octanol–water partition coefficient (Wildman–Crippen LogP) is 3.87. The van der Waals surface area contributed by atoms with Crippen LogP contribution in [0, 0.1) is 11.6 Å². The molecule has 1 aliphatic carbocycles. The number of hydrogen-bond donors (Lipinski definition) is 2. The molecule has 6 heteroatoms. The highest BCUT2D eigenvalue weighted by atomic mass is 19.2.